The molecule has 24 heavy (non-hydrogen) atoms. The highest BCUT2D eigenvalue weighted by Crippen LogP contribution is 2.20. The average molecular weight is 347 g/mol. The second-order valence-corrected chi connectivity index (χ2v) is 6.68. The maximum atomic E-state index is 12.5. The molecule has 0 unspecified atom stereocenters. The summed E-state index contributed by atoms with van der Waals surface area (Å²) in [4.78, 5) is 21.1. The van der Waals surface area contributed by atoms with Gasteiger partial charge in [-0.2, -0.15) is 0 Å². The highest BCUT2D eigenvalue weighted by Gasteiger charge is 2.12. The highest BCUT2D eigenvalue weighted by molar-refractivity contribution is 6.30. The number of aromatic nitrogens is 2. The lowest BCUT2D eigenvalue weighted by atomic mass is 10.1. The van der Waals surface area contributed by atoms with Crippen molar-refractivity contribution in [2.24, 2.45) is 5.92 Å². The molecule has 0 fully saturated rings. The largest absolute Gasteiger partial charge is 0.354 e. The Morgan fingerprint density at radius 3 is 2.62 bits per heavy atom. The predicted octanol–water partition coefficient (Wildman–Crippen LogP) is 4.46. The Morgan fingerprint density at radius 2 is 1.96 bits per heavy atom. The number of nitrogens with one attached hydrogen (secondary N) is 2. The van der Waals surface area contributed by atoms with Crippen LogP contribution in [0.3, 0.4) is 0 Å². The van der Waals surface area contributed by atoms with Crippen molar-refractivity contribution >= 4 is 29.1 Å². The number of benzene rings is 1. The van der Waals surface area contributed by atoms with Gasteiger partial charge in [0.15, 0.2) is 0 Å². The third-order valence-electron chi connectivity index (χ3n) is 3.53. The Labute approximate surface area is 147 Å². The fourth-order valence-corrected chi connectivity index (χ4v) is 2.42. The van der Waals surface area contributed by atoms with E-state index < -0.39 is 0 Å². The van der Waals surface area contributed by atoms with Crippen LogP contribution in [0.2, 0.25) is 5.02 Å². The van der Waals surface area contributed by atoms with Gasteiger partial charge in [-0.05, 0) is 56.0 Å². The Kier molecular flexibility index (Phi) is 6.15. The Bertz CT molecular complexity index is 731. The van der Waals surface area contributed by atoms with Crippen molar-refractivity contribution in [2.45, 2.75) is 34.1 Å². The Balaban J connectivity index is 2.12. The van der Waals surface area contributed by atoms with Crippen LogP contribution in [-0.2, 0) is 0 Å². The topological polar surface area (TPSA) is 66.9 Å². The van der Waals surface area contributed by atoms with E-state index in [1.807, 2.05) is 13.8 Å². The first-order chi connectivity index (χ1) is 11.3. The summed E-state index contributed by atoms with van der Waals surface area (Å²) in [6, 6.07) is 7.01. The summed E-state index contributed by atoms with van der Waals surface area (Å²) < 4.78 is 0. The lowest BCUT2D eigenvalue weighted by Gasteiger charge is -2.11. The second-order valence-electron chi connectivity index (χ2n) is 6.24. The van der Waals surface area contributed by atoms with Crippen molar-refractivity contribution in [1.82, 2.24) is 9.97 Å². The molecule has 1 aromatic carbocycles. The van der Waals surface area contributed by atoms with E-state index in [-0.39, 0.29) is 5.91 Å². The van der Waals surface area contributed by atoms with E-state index in [0.717, 1.165) is 29.9 Å². The van der Waals surface area contributed by atoms with Gasteiger partial charge in [0.25, 0.3) is 5.91 Å². The van der Waals surface area contributed by atoms with Gasteiger partial charge >= 0.3 is 0 Å². The molecule has 1 amide bonds. The van der Waals surface area contributed by atoms with Gasteiger partial charge in [0.1, 0.15) is 5.69 Å². The van der Waals surface area contributed by atoms with Gasteiger partial charge in [-0.3, -0.25) is 4.79 Å². The third-order valence-corrected chi connectivity index (χ3v) is 3.76. The first-order valence-electron chi connectivity index (χ1n) is 8.02. The quantitative estimate of drug-likeness (QED) is 0.810. The molecule has 2 aromatic rings. The van der Waals surface area contributed by atoms with Gasteiger partial charge in [-0.25, -0.2) is 9.97 Å². The number of carbonyl (C=O) groups is 1. The number of hydrogen-bond donors (Lipinski definition) is 2. The van der Waals surface area contributed by atoms with Crippen molar-refractivity contribution in [1.29, 1.82) is 0 Å². The normalized spacial score (nSPS) is 10.8. The fraction of sp³-hybridized carbons (Fsp3) is 0.389. The summed E-state index contributed by atoms with van der Waals surface area (Å²) in [5.41, 5.74) is 2.70. The second kappa shape index (κ2) is 8.11. The molecular weight excluding hydrogens is 324 g/mol. The van der Waals surface area contributed by atoms with Crippen LogP contribution >= 0.6 is 11.6 Å². The van der Waals surface area contributed by atoms with E-state index >= 15 is 0 Å². The standard InChI is InChI=1S/C18H23ClN4O/c1-11(2)7-8-20-18-21-13(4)10-16(23-18)17(24)22-15-6-5-14(19)9-12(15)3/h5-6,9-11H,7-8H2,1-4H3,(H,22,24)(H,20,21,23). The highest BCUT2D eigenvalue weighted by atomic mass is 35.5. The zero-order chi connectivity index (χ0) is 17.7. The summed E-state index contributed by atoms with van der Waals surface area (Å²) in [7, 11) is 0. The lowest BCUT2D eigenvalue weighted by molar-refractivity contribution is 0.102. The van der Waals surface area contributed by atoms with Crippen molar-refractivity contribution in [3.05, 3.63) is 46.2 Å². The summed E-state index contributed by atoms with van der Waals surface area (Å²) in [5.74, 6) is 0.810. The third kappa shape index (κ3) is 5.20. The Hall–Kier alpha value is -2.14. The van der Waals surface area contributed by atoms with Gasteiger partial charge in [0.05, 0.1) is 0 Å². The molecule has 2 N–H and O–H groups in total. The average Bonchev–Trinajstić information content (AvgIpc) is 2.49. The zero-order valence-corrected chi connectivity index (χ0v) is 15.2. The molecule has 0 saturated heterocycles. The van der Waals surface area contributed by atoms with Gasteiger partial charge < -0.3 is 10.6 Å². The monoisotopic (exact) mass is 346 g/mol. The molecule has 0 aliphatic carbocycles. The number of halogens is 1. The molecule has 2 rings (SSSR count). The molecule has 128 valence electrons. The summed E-state index contributed by atoms with van der Waals surface area (Å²) >= 11 is 5.94. The van der Waals surface area contributed by atoms with Crippen LogP contribution in [0.15, 0.2) is 24.3 Å². The smallest absolute Gasteiger partial charge is 0.274 e. The predicted molar refractivity (Wildman–Crippen MR) is 98.9 cm³/mol. The number of amides is 1. The number of aryl methyl sites for hydroxylation is 2. The minimum absolute atomic E-state index is 0.266. The number of hydrogen-bond acceptors (Lipinski definition) is 4. The van der Waals surface area contributed by atoms with Crippen molar-refractivity contribution in [2.75, 3.05) is 17.2 Å². The van der Waals surface area contributed by atoms with E-state index in [2.05, 4.69) is 34.4 Å². The van der Waals surface area contributed by atoms with Gasteiger partial charge in [0.2, 0.25) is 5.95 Å². The van der Waals surface area contributed by atoms with E-state index in [0.29, 0.717) is 22.6 Å². The number of rotatable bonds is 6. The van der Waals surface area contributed by atoms with Crippen LogP contribution < -0.4 is 10.6 Å². The van der Waals surface area contributed by atoms with Gasteiger partial charge in [0, 0.05) is 22.9 Å². The van der Waals surface area contributed by atoms with E-state index in [9.17, 15) is 4.79 Å². The van der Waals surface area contributed by atoms with Crippen molar-refractivity contribution < 1.29 is 4.79 Å². The summed E-state index contributed by atoms with van der Waals surface area (Å²) in [6.07, 6.45) is 1.02. The molecule has 1 heterocycles. The van der Waals surface area contributed by atoms with E-state index in [1.54, 1.807) is 24.3 Å². The summed E-state index contributed by atoms with van der Waals surface area (Å²) in [6.45, 7) is 8.84. The molecule has 0 radical (unpaired) electrons. The first-order valence-corrected chi connectivity index (χ1v) is 8.40. The maximum absolute atomic E-state index is 12.5. The molecule has 0 saturated carbocycles. The Morgan fingerprint density at radius 1 is 1.21 bits per heavy atom. The fourth-order valence-electron chi connectivity index (χ4n) is 2.19. The lowest BCUT2D eigenvalue weighted by Crippen LogP contribution is -2.17. The number of nitrogens with zero attached hydrogens (tertiary/aromatic N) is 2. The molecule has 6 heteroatoms. The van der Waals surface area contributed by atoms with Gasteiger partial charge in [-0.15, -0.1) is 0 Å². The van der Waals surface area contributed by atoms with Crippen molar-refractivity contribution in [3.8, 4) is 0 Å². The summed E-state index contributed by atoms with van der Waals surface area (Å²) in [5, 5.41) is 6.68. The molecule has 0 bridgehead atoms. The van der Waals surface area contributed by atoms with Crippen LogP contribution in [-0.4, -0.2) is 22.4 Å². The van der Waals surface area contributed by atoms with Crippen LogP contribution in [0.5, 0.6) is 0 Å². The minimum atomic E-state index is -0.266. The van der Waals surface area contributed by atoms with Gasteiger partial charge in [-0.1, -0.05) is 25.4 Å². The molecule has 1 aromatic heterocycles. The van der Waals surface area contributed by atoms with E-state index in [1.165, 1.54) is 0 Å². The van der Waals surface area contributed by atoms with E-state index in [4.69, 9.17) is 11.6 Å². The SMILES string of the molecule is Cc1cc(C(=O)Nc2ccc(Cl)cc2C)nc(NCCC(C)C)n1. The maximum Gasteiger partial charge on any atom is 0.274 e. The van der Waals surface area contributed by atoms with Crippen molar-refractivity contribution in [3.63, 3.8) is 0 Å². The zero-order valence-electron chi connectivity index (χ0n) is 14.5. The molecule has 0 aliphatic rings. The molecule has 5 nitrogen and oxygen atoms in total. The van der Waals surface area contributed by atoms with Crippen LogP contribution in [0.4, 0.5) is 11.6 Å². The minimum Gasteiger partial charge on any atom is -0.354 e. The van der Waals surface area contributed by atoms with Crippen LogP contribution in [0.25, 0.3) is 0 Å². The molecule has 0 spiro atoms. The van der Waals surface area contributed by atoms with Crippen LogP contribution in [0, 0.1) is 19.8 Å². The molecule has 0 aliphatic heterocycles. The number of carbonyl (C=O) groups excluding carboxylic acids is 1. The molecule has 0 atom stereocenters. The number of anilines is 2. The molecular formula is C18H23ClN4O. The van der Waals surface area contributed by atoms with Crippen LogP contribution in [0.1, 0.15) is 42.0 Å². The first kappa shape index (κ1) is 18.2.